The fourth-order valence-electron chi connectivity index (χ4n) is 2.24. The summed E-state index contributed by atoms with van der Waals surface area (Å²) in [6.45, 7) is 2.01. The van der Waals surface area contributed by atoms with E-state index in [1.54, 1.807) is 12.3 Å². The van der Waals surface area contributed by atoms with Crippen LogP contribution in [0.25, 0.3) is 5.82 Å². The number of aromatic carboxylic acids is 1. The molecular weight excluding hydrogens is 262 g/mol. The lowest BCUT2D eigenvalue weighted by Gasteiger charge is -2.16. The van der Waals surface area contributed by atoms with Gasteiger partial charge >= 0.3 is 11.7 Å². The quantitative estimate of drug-likeness (QED) is 0.832. The molecule has 2 aromatic heterocycles. The second-order valence-electron chi connectivity index (χ2n) is 4.56. The monoisotopic (exact) mass is 275 g/mol. The highest BCUT2D eigenvalue weighted by Crippen LogP contribution is 2.19. The van der Waals surface area contributed by atoms with Crippen LogP contribution in [0.5, 0.6) is 0 Å². The highest BCUT2D eigenvalue weighted by atomic mass is 16.4. The molecule has 0 amide bonds. The van der Waals surface area contributed by atoms with Gasteiger partial charge < -0.3 is 10.0 Å². The Kier molecular flexibility index (Phi) is 2.97. The molecule has 8 heteroatoms. The van der Waals surface area contributed by atoms with Crippen LogP contribution in [0.4, 0.5) is 5.69 Å². The van der Waals surface area contributed by atoms with Crippen molar-refractivity contribution in [3.63, 3.8) is 0 Å². The Morgan fingerprint density at radius 3 is 2.60 bits per heavy atom. The standard InChI is InChI=1S/C12H13N5O3/c18-11(19)10-14-12(20)17(15-10)9-4-3-8(7-13-9)16-5-1-2-6-16/h3-4,7H,1-2,5-6H2,(H,18,19)(H,14,15,20). The average Bonchev–Trinajstić information content (AvgIpc) is 3.08. The number of aromatic nitrogens is 4. The largest absolute Gasteiger partial charge is 0.475 e. The van der Waals surface area contributed by atoms with Crippen LogP contribution in [-0.2, 0) is 0 Å². The highest BCUT2D eigenvalue weighted by molar-refractivity contribution is 5.82. The molecule has 0 aliphatic carbocycles. The predicted octanol–water partition coefficient (Wildman–Crippen LogP) is 0.254. The van der Waals surface area contributed by atoms with Gasteiger partial charge in [-0.05, 0) is 25.0 Å². The first kappa shape index (κ1) is 12.4. The molecule has 0 atom stereocenters. The van der Waals surface area contributed by atoms with Gasteiger partial charge in [-0.25, -0.2) is 14.6 Å². The average molecular weight is 275 g/mol. The van der Waals surface area contributed by atoms with Gasteiger partial charge in [-0.1, -0.05) is 0 Å². The van der Waals surface area contributed by atoms with E-state index in [0.29, 0.717) is 5.82 Å². The minimum atomic E-state index is -1.28. The molecule has 0 aromatic carbocycles. The summed E-state index contributed by atoms with van der Waals surface area (Å²) in [7, 11) is 0. The van der Waals surface area contributed by atoms with Gasteiger partial charge in [0.15, 0.2) is 5.82 Å². The van der Waals surface area contributed by atoms with Gasteiger partial charge in [0.2, 0.25) is 5.82 Å². The third-order valence-corrected chi connectivity index (χ3v) is 3.24. The molecular formula is C12H13N5O3. The van der Waals surface area contributed by atoms with E-state index in [1.807, 2.05) is 6.07 Å². The lowest BCUT2D eigenvalue weighted by atomic mass is 10.3. The van der Waals surface area contributed by atoms with Crippen molar-refractivity contribution in [2.24, 2.45) is 0 Å². The first-order valence-electron chi connectivity index (χ1n) is 6.29. The fourth-order valence-corrected chi connectivity index (χ4v) is 2.24. The summed E-state index contributed by atoms with van der Waals surface area (Å²) >= 11 is 0. The Bertz CT molecular complexity index is 682. The maximum absolute atomic E-state index is 11.6. The summed E-state index contributed by atoms with van der Waals surface area (Å²) in [5, 5.41) is 12.5. The summed E-state index contributed by atoms with van der Waals surface area (Å²) < 4.78 is 0.942. The van der Waals surface area contributed by atoms with Crippen LogP contribution in [0.3, 0.4) is 0 Å². The number of carboxylic acid groups (broad SMARTS) is 1. The van der Waals surface area contributed by atoms with Crippen molar-refractivity contribution in [1.82, 2.24) is 19.7 Å². The summed E-state index contributed by atoms with van der Waals surface area (Å²) in [5.41, 5.74) is 0.372. The highest BCUT2D eigenvalue weighted by Gasteiger charge is 2.15. The van der Waals surface area contributed by atoms with Crippen molar-refractivity contribution in [3.05, 3.63) is 34.6 Å². The van der Waals surface area contributed by atoms with Crippen LogP contribution in [0.1, 0.15) is 23.5 Å². The molecule has 0 spiro atoms. The zero-order valence-electron chi connectivity index (χ0n) is 10.6. The molecule has 3 heterocycles. The third-order valence-electron chi connectivity index (χ3n) is 3.24. The summed E-state index contributed by atoms with van der Waals surface area (Å²) in [4.78, 5) is 30.9. The number of nitrogens with one attached hydrogen (secondary N) is 1. The number of H-pyrrole nitrogens is 1. The van der Waals surface area contributed by atoms with Gasteiger partial charge in [0.1, 0.15) is 0 Å². The molecule has 1 saturated heterocycles. The Hall–Kier alpha value is -2.64. The molecule has 1 aliphatic heterocycles. The number of hydrogen-bond acceptors (Lipinski definition) is 5. The van der Waals surface area contributed by atoms with Crippen LogP contribution in [0.2, 0.25) is 0 Å². The zero-order valence-corrected chi connectivity index (χ0v) is 10.6. The van der Waals surface area contributed by atoms with E-state index < -0.39 is 17.5 Å². The second-order valence-corrected chi connectivity index (χ2v) is 4.56. The van der Waals surface area contributed by atoms with Crippen LogP contribution in [0.15, 0.2) is 23.1 Å². The number of pyridine rings is 1. The Morgan fingerprint density at radius 2 is 2.05 bits per heavy atom. The molecule has 0 radical (unpaired) electrons. The molecule has 0 unspecified atom stereocenters. The van der Waals surface area contributed by atoms with E-state index >= 15 is 0 Å². The Morgan fingerprint density at radius 1 is 1.30 bits per heavy atom. The second kappa shape index (κ2) is 4.80. The molecule has 2 N–H and O–H groups in total. The minimum Gasteiger partial charge on any atom is -0.475 e. The summed E-state index contributed by atoms with van der Waals surface area (Å²) in [6.07, 6.45) is 4.01. The molecule has 1 aliphatic rings. The van der Waals surface area contributed by atoms with Gasteiger partial charge in [0.05, 0.1) is 11.9 Å². The van der Waals surface area contributed by atoms with Crippen LogP contribution >= 0.6 is 0 Å². The van der Waals surface area contributed by atoms with Gasteiger partial charge in [0.25, 0.3) is 0 Å². The smallest absolute Gasteiger partial charge is 0.373 e. The van der Waals surface area contributed by atoms with E-state index in [9.17, 15) is 9.59 Å². The molecule has 1 fully saturated rings. The molecule has 104 valence electrons. The lowest BCUT2D eigenvalue weighted by Crippen LogP contribution is -2.19. The number of nitrogens with zero attached hydrogens (tertiary/aromatic N) is 4. The number of rotatable bonds is 3. The van der Waals surface area contributed by atoms with Crippen LogP contribution < -0.4 is 10.6 Å². The summed E-state index contributed by atoms with van der Waals surface area (Å²) in [5.74, 6) is -1.39. The number of carbonyl (C=O) groups is 1. The Balaban J connectivity index is 1.91. The lowest BCUT2D eigenvalue weighted by molar-refractivity contribution is 0.0683. The van der Waals surface area contributed by atoms with Crippen molar-refractivity contribution in [1.29, 1.82) is 0 Å². The van der Waals surface area contributed by atoms with Crippen molar-refractivity contribution in [3.8, 4) is 5.82 Å². The Labute approximate surface area is 113 Å². The first-order valence-corrected chi connectivity index (χ1v) is 6.29. The van der Waals surface area contributed by atoms with Gasteiger partial charge in [-0.15, -0.1) is 5.10 Å². The van der Waals surface area contributed by atoms with Gasteiger partial charge in [0, 0.05) is 13.1 Å². The first-order chi connectivity index (χ1) is 9.65. The van der Waals surface area contributed by atoms with Gasteiger partial charge in [-0.3, -0.25) is 4.98 Å². The molecule has 0 bridgehead atoms. The zero-order chi connectivity index (χ0) is 14.1. The maximum Gasteiger partial charge on any atom is 0.373 e. The summed E-state index contributed by atoms with van der Waals surface area (Å²) in [6, 6.07) is 3.51. The van der Waals surface area contributed by atoms with Crippen molar-refractivity contribution >= 4 is 11.7 Å². The van der Waals surface area contributed by atoms with E-state index in [-0.39, 0.29) is 0 Å². The number of hydrogen-bond donors (Lipinski definition) is 2. The number of anilines is 1. The SMILES string of the molecule is O=C(O)c1nn(-c2ccc(N3CCCC3)cn2)c(=O)[nH]1. The van der Waals surface area contributed by atoms with Crippen molar-refractivity contribution in [2.75, 3.05) is 18.0 Å². The van der Waals surface area contributed by atoms with E-state index in [0.717, 1.165) is 23.5 Å². The fraction of sp³-hybridized carbons (Fsp3) is 0.333. The van der Waals surface area contributed by atoms with E-state index in [2.05, 4.69) is 20.0 Å². The molecule has 20 heavy (non-hydrogen) atoms. The molecule has 2 aromatic rings. The normalized spacial score (nSPS) is 14.7. The van der Waals surface area contributed by atoms with Gasteiger partial charge in [-0.2, -0.15) is 4.68 Å². The number of carboxylic acids is 1. The molecule has 3 rings (SSSR count). The van der Waals surface area contributed by atoms with Crippen molar-refractivity contribution < 1.29 is 9.90 Å². The third kappa shape index (κ3) is 2.15. The predicted molar refractivity (Wildman–Crippen MR) is 70.4 cm³/mol. The minimum absolute atomic E-state index is 0.293. The van der Waals surface area contributed by atoms with Crippen LogP contribution in [-0.4, -0.2) is 43.9 Å². The van der Waals surface area contributed by atoms with E-state index in [4.69, 9.17) is 5.11 Å². The molecule has 8 nitrogen and oxygen atoms in total. The molecule has 0 saturated carbocycles. The van der Waals surface area contributed by atoms with Crippen molar-refractivity contribution in [2.45, 2.75) is 12.8 Å². The van der Waals surface area contributed by atoms with Crippen LogP contribution in [0, 0.1) is 0 Å². The maximum atomic E-state index is 11.6. The number of aromatic amines is 1. The van der Waals surface area contributed by atoms with E-state index in [1.165, 1.54) is 12.8 Å². The topological polar surface area (TPSA) is 104 Å².